The lowest BCUT2D eigenvalue weighted by molar-refractivity contribution is -0.135. The lowest BCUT2D eigenvalue weighted by Gasteiger charge is -2.16. The van der Waals surface area contributed by atoms with Crippen molar-refractivity contribution in [3.8, 4) is 16.9 Å². The van der Waals surface area contributed by atoms with Gasteiger partial charge in [0.05, 0.1) is 5.52 Å². The highest BCUT2D eigenvalue weighted by molar-refractivity contribution is 6.03. The van der Waals surface area contributed by atoms with Crippen molar-refractivity contribution in [2.24, 2.45) is 0 Å². The molecule has 0 fully saturated rings. The smallest absolute Gasteiger partial charge is 0.322 e. The molecule has 0 aliphatic rings. The molecule has 33 heavy (non-hydrogen) atoms. The molecular formula is C25H20N2O6. The van der Waals surface area contributed by atoms with Gasteiger partial charge in [-0.05, 0) is 28.8 Å². The van der Waals surface area contributed by atoms with Crippen molar-refractivity contribution in [1.29, 1.82) is 0 Å². The third kappa shape index (κ3) is 4.54. The Labute approximate surface area is 188 Å². The molecule has 0 spiro atoms. The van der Waals surface area contributed by atoms with Gasteiger partial charge in [0, 0.05) is 5.39 Å². The summed E-state index contributed by atoms with van der Waals surface area (Å²) < 4.78 is 0.951. The van der Waals surface area contributed by atoms with Crippen molar-refractivity contribution in [2.75, 3.05) is 6.54 Å². The second-order valence-corrected chi connectivity index (χ2v) is 7.26. The van der Waals surface area contributed by atoms with Crippen LogP contribution in [-0.4, -0.2) is 33.4 Å². The fourth-order valence-electron chi connectivity index (χ4n) is 3.45. The van der Waals surface area contributed by atoms with Gasteiger partial charge in [-0.25, -0.2) is 0 Å². The van der Waals surface area contributed by atoms with Crippen LogP contribution in [0.3, 0.4) is 0 Å². The summed E-state index contributed by atoms with van der Waals surface area (Å²) in [5.41, 5.74) is 1.20. The van der Waals surface area contributed by atoms with Gasteiger partial charge in [0.1, 0.15) is 18.9 Å². The van der Waals surface area contributed by atoms with Crippen LogP contribution in [-0.2, 0) is 11.4 Å². The van der Waals surface area contributed by atoms with Gasteiger partial charge in [0.25, 0.3) is 11.5 Å². The van der Waals surface area contributed by atoms with Crippen LogP contribution in [0.2, 0.25) is 0 Å². The summed E-state index contributed by atoms with van der Waals surface area (Å²) in [7, 11) is 0. The van der Waals surface area contributed by atoms with Gasteiger partial charge in [-0.1, -0.05) is 66.7 Å². The van der Waals surface area contributed by atoms with Crippen LogP contribution in [0.15, 0.2) is 83.7 Å². The highest BCUT2D eigenvalue weighted by atomic mass is 16.7. The summed E-state index contributed by atoms with van der Waals surface area (Å²) in [5.74, 6) is -2.84. The summed E-state index contributed by atoms with van der Waals surface area (Å²) in [6.07, 6.45) is 0. The standard InChI is InChI=1S/C25H20N2O6/c28-21(29)14-26-24(31)22-23(30)19-13-18(17-9-5-2-6-10-17)11-12-20(19)27(25(22)32)33-15-16-7-3-1-4-8-16/h1-13,30H,14-15H2,(H,26,31)(H,28,29). The number of pyridine rings is 1. The Morgan fingerprint density at radius 2 is 1.58 bits per heavy atom. The van der Waals surface area contributed by atoms with E-state index in [-0.39, 0.29) is 17.5 Å². The Balaban J connectivity index is 1.86. The highest BCUT2D eigenvalue weighted by Gasteiger charge is 2.24. The average molecular weight is 444 g/mol. The van der Waals surface area contributed by atoms with Crippen LogP contribution in [0.4, 0.5) is 0 Å². The zero-order chi connectivity index (χ0) is 23.4. The van der Waals surface area contributed by atoms with Crippen molar-refractivity contribution in [2.45, 2.75) is 6.61 Å². The Morgan fingerprint density at radius 1 is 0.909 bits per heavy atom. The van der Waals surface area contributed by atoms with E-state index in [0.717, 1.165) is 21.4 Å². The summed E-state index contributed by atoms with van der Waals surface area (Å²) in [6.45, 7) is -0.665. The largest absolute Gasteiger partial charge is 0.506 e. The first kappa shape index (κ1) is 21.6. The number of hydrogen-bond donors (Lipinski definition) is 3. The lowest BCUT2D eigenvalue weighted by Crippen LogP contribution is -2.37. The number of fused-ring (bicyclic) bond motifs is 1. The summed E-state index contributed by atoms with van der Waals surface area (Å²) in [6, 6.07) is 23.6. The number of hydrogen-bond acceptors (Lipinski definition) is 5. The minimum Gasteiger partial charge on any atom is -0.506 e. The molecule has 0 unspecified atom stereocenters. The first-order valence-corrected chi connectivity index (χ1v) is 10.1. The predicted molar refractivity (Wildman–Crippen MR) is 122 cm³/mol. The second kappa shape index (κ2) is 9.27. The molecule has 8 nitrogen and oxygen atoms in total. The number of aliphatic carboxylic acids is 1. The molecular weight excluding hydrogens is 424 g/mol. The monoisotopic (exact) mass is 444 g/mol. The lowest BCUT2D eigenvalue weighted by atomic mass is 10.0. The van der Waals surface area contributed by atoms with Crippen molar-refractivity contribution in [1.82, 2.24) is 10.0 Å². The van der Waals surface area contributed by atoms with Crippen LogP contribution in [0.25, 0.3) is 22.0 Å². The zero-order valence-electron chi connectivity index (χ0n) is 17.4. The molecule has 0 atom stereocenters. The molecule has 4 aromatic rings. The molecule has 166 valence electrons. The van der Waals surface area contributed by atoms with Crippen molar-refractivity contribution in [3.63, 3.8) is 0 Å². The quantitative estimate of drug-likeness (QED) is 0.404. The van der Waals surface area contributed by atoms with E-state index in [1.807, 2.05) is 60.7 Å². The number of carboxylic acid groups (broad SMARTS) is 1. The van der Waals surface area contributed by atoms with E-state index in [0.29, 0.717) is 0 Å². The summed E-state index contributed by atoms with van der Waals surface area (Å²) >= 11 is 0. The van der Waals surface area contributed by atoms with E-state index in [1.165, 1.54) is 0 Å². The molecule has 8 heteroatoms. The third-order valence-corrected chi connectivity index (χ3v) is 5.04. The van der Waals surface area contributed by atoms with Crippen LogP contribution < -0.4 is 15.7 Å². The number of amides is 1. The normalized spacial score (nSPS) is 10.7. The molecule has 1 amide bonds. The van der Waals surface area contributed by atoms with Gasteiger partial charge in [0.15, 0.2) is 5.56 Å². The highest BCUT2D eigenvalue weighted by Crippen LogP contribution is 2.31. The molecule has 0 saturated carbocycles. The van der Waals surface area contributed by atoms with E-state index in [4.69, 9.17) is 9.94 Å². The number of nitrogens with one attached hydrogen (secondary N) is 1. The minimum atomic E-state index is -1.28. The SMILES string of the molecule is O=C(O)CNC(=O)c1c(O)c2cc(-c3ccccc3)ccc2n(OCc2ccccc2)c1=O. The second-order valence-electron chi connectivity index (χ2n) is 7.26. The number of aromatic nitrogens is 1. The molecule has 3 aromatic carbocycles. The van der Waals surface area contributed by atoms with E-state index in [1.54, 1.807) is 18.2 Å². The zero-order valence-corrected chi connectivity index (χ0v) is 17.4. The van der Waals surface area contributed by atoms with Gasteiger partial charge in [-0.2, -0.15) is 0 Å². The maximum absolute atomic E-state index is 13.1. The molecule has 1 aromatic heterocycles. The van der Waals surface area contributed by atoms with Gasteiger partial charge >= 0.3 is 5.97 Å². The Hall–Kier alpha value is -4.59. The number of carbonyl (C=O) groups is 2. The van der Waals surface area contributed by atoms with Crippen LogP contribution in [0, 0.1) is 0 Å². The first-order valence-electron chi connectivity index (χ1n) is 10.1. The molecule has 0 saturated heterocycles. The van der Waals surface area contributed by atoms with E-state index in [2.05, 4.69) is 5.32 Å². The van der Waals surface area contributed by atoms with E-state index < -0.39 is 35.3 Å². The van der Waals surface area contributed by atoms with E-state index in [9.17, 15) is 19.5 Å². The number of benzene rings is 3. The number of aromatic hydroxyl groups is 1. The predicted octanol–water partition coefficient (Wildman–Crippen LogP) is 2.82. The van der Waals surface area contributed by atoms with Gasteiger partial charge in [-0.3, -0.25) is 14.4 Å². The molecule has 0 aliphatic heterocycles. The van der Waals surface area contributed by atoms with Crippen LogP contribution >= 0.6 is 0 Å². The first-order chi connectivity index (χ1) is 16.0. The van der Waals surface area contributed by atoms with Crippen molar-refractivity contribution in [3.05, 3.63) is 100 Å². The van der Waals surface area contributed by atoms with E-state index >= 15 is 0 Å². The number of rotatable bonds is 7. The third-order valence-electron chi connectivity index (χ3n) is 5.04. The van der Waals surface area contributed by atoms with Crippen molar-refractivity contribution < 1.29 is 24.6 Å². The van der Waals surface area contributed by atoms with Crippen LogP contribution in [0.1, 0.15) is 15.9 Å². The fraction of sp³-hybridized carbons (Fsp3) is 0.0800. The summed E-state index contributed by atoms with van der Waals surface area (Å²) in [4.78, 5) is 42.4. The van der Waals surface area contributed by atoms with Gasteiger partial charge in [-0.15, -0.1) is 4.73 Å². The molecule has 0 aliphatic carbocycles. The van der Waals surface area contributed by atoms with Crippen molar-refractivity contribution >= 4 is 22.8 Å². The fourth-order valence-corrected chi connectivity index (χ4v) is 3.45. The molecule has 4 rings (SSSR count). The number of carbonyl (C=O) groups excluding carboxylic acids is 1. The Morgan fingerprint density at radius 3 is 2.24 bits per heavy atom. The molecule has 1 heterocycles. The maximum atomic E-state index is 13.1. The molecule has 0 bridgehead atoms. The molecule has 3 N–H and O–H groups in total. The number of carboxylic acids is 1. The Bertz CT molecular complexity index is 1380. The topological polar surface area (TPSA) is 118 Å². The van der Waals surface area contributed by atoms with Gasteiger partial charge < -0.3 is 20.4 Å². The average Bonchev–Trinajstić information content (AvgIpc) is 2.83. The number of nitrogens with zero attached hydrogens (tertiary/aromatic N) is 1. The summed E-state index contributed by atoms with van der Waals surface area (Å²) in [5, 5.41) is 22.1. The Kier molecular flexibility index (Phi) is 6.08. The van der Waals surface area contributed by atoms with Crippen LogP contribution in [0.5, 0.6) is 5.75 Å². The maximum Gasteiger partial charge on any atom is 0.322 e. The minimum absolute atomic E-state index is 0.0389. The molecule has 0 radical (unpaired) electrons. The van der Waals surface area contributed by atoms with Gasteiger partial charge in [0.2, 0.25) is 0 Å².